The molecule has 0 saturated heterocycles. The molecule has 5 rings (SSSR count). The second-order valence-electron chi connectivity index (χ2n) is 8.97. The molecular formula is C30H27FN6O5S. The molecule has 13 heteroatoms. The summed E-state index contributed by atoms with van der Waals surface area (Å²) in [6.07, 6.45) is 3.20. The van der Waals surface area contributed by atoms with E-state index in [-0.39, 0.29) is 41.8 Å². The maximum Gasteiger partial charge on any atom is 0.266 e. The molecule has 0 atom stereocenters. The zero-order valence-electron chi connectivity index (χ0n) is 23.5. The number of benzene rings is 3. The zero-order chi connectivity index (χ0) is 30.2. The van der Waals surface area contributed by atoms with Gasteiger partial charge in [-0.3, -0.25) is 4.79 Å². The summed E-state index contributed by atoms with van der Waals surface area (Å²) in [5.74, 6) is 0.190. The van der Waals surface area contributed by atoms with Crippen molar-refractivity contribution in [2.24, 2.45) is 0 Å². The van der Waals surface area contributed by atoms with E-state index in [0.29, 0.717) is 22.3 Å². The molecule has 2 aromatic heterocycles. The number of nitrogens with one attached hydrogen (secondary N) is 2. The lowest BCUT2D eigenvalue weighted by atomic mass is 10.1. The molecule has 0 spiro atoms. The third kappa shape index (κ3) is 7.19. The lowest BCUT2D eigenvalue weighted by Crippen LogP contribution is -2.18. The van der Waals surface area contributed by atoms with Crippen molar-refractivity contribution in [1.82, 2.24) is 25.4 Å². The van der Waals surface area contributed by atoms with Gasteiger partial charge in [-0.25, -0.2) is 4.39 Å². The standard InChI is InChI=1S/C30H27FN6O5S/c1-39-21-9-4-18(5-10-21)16-41-28-26(27(38)33-20-8-13-23(24(31)14-20)25-15-32-37-36-25)29(35-30(34-28)43-3)42-17-19-6-11-22(40-2)12-7-19/h4-15H,16-17H2,1-3H3,(H,33,38)(H,32,36,37). The van der Waals surface area contributed by atoms with Gasteiger partial charge in [0.05, 0.1) is 20.4 Å². The maximum absolute atomic E-state index is 14.9. The molecule has 11 nitrogen and oxygen atoms in total. The number of hydrogen-bond acceptors (Lipinski definition) is 10. The molecule has 43 heavy (non-hydrogen) atoms. The highest BCUT2D eigenvalue weighted by molar-refractivity contribution is 7.98. The van der Waals surface area contributed by atoms with E-state index < -0.39 is 11.7 Å². The molecule has 3 aromatic carbocycles. The number of nitrogens with zero attached hydrogens (tertiary/aromatic N) is 4. The van der Waals surface area contributed by atoms with Crippen molar-refractivity contribution < 1.29 is 28.1 Å². The summed E-state index contributed by atoms with van der Waals surface area (Å²) in [5, 5.41) is 13.1. The van der Waals surface area contributed by atoms with Crippen LogP contribution in [0.1, 0.15) is 21.5 Å². The van der Waals surface area contributed by atoms with Crippen LogP contribution in [-0.2, 0) is 13.2 Å². The third-order valence-corrected chi connectivity index (χ3v) is 6.77. The Kier molecular flexibility index (Phi) is 9.32. The average molecular weight is 603 g/mol. The van der Waals surface area contributed by atoms with Gasteiger partial charge in [-0.1, -0.05) is 36.0 Å². The highest BCUT2D eigenvalue weighted by atomic mass is 32.2. The molecule has 0 aliphatic rings. The summed E-state index contributed by atoms with van der Waals surface area (Å²) in [5.41, 5.74) is 2.36. The number of anilines is 1. The van der Waals surface area contributed by atoms with E-state index in [1.807, 2.05) is 24.3 Å². The van der Waals surface area contributed by atoms with Gasteiger partial charge < -0.3 is 24.3 Å². The van der Waals surface area contributed by atoms with Crippen LogP contribution >= 0.6 is 11.8 Å². The average Bonchev–Trinajstić information content (AvgIpc) is 3.57. The van der Waals surface area contributed by atoms with Crippen LogP contribution in [-0.4, -0.2) is 51.8 Å². The first-order chi connectivity index (χ1) is 21.0. The van der Waals surface area contributed by atoms with Crippen LogP contribution in [0, 0.1) is 5.82 Å². The third-order valence-electron chi connectivity index (χ3n) is 6.22. The van der Waals surface area contributed by atoms with Crippen LogP contribution < -0.4 is 24.3 Å². The number of thioether (sulfide) groups is 1. The number of methoxy groups -OCH3 is 2. The fourth-order valence-electron chi connectivity index (χ4n) is 3.97. The second kappa shape index (κ2) is 13.7. The largest absolute Gasteiger partial charge is 0.497 e. The molecule has 0 fully saturated rings. The summed E-state index contributed by atoms with van der Waals surface area (Å²) in [4.78, 5) is 22.7. The van der Waals surface area contributed by atoms with Gasteiger partial charge in [0.25, 0.3) is 5.91 Å². The van der Waals surface area contributed by atoms with Crippen LogP contribution in [0.2, 0.25) is 0 Å². The first kappa shape index (κ1) is 29.3. The van der Waals surface area contributed by atoms with Crippen molar-refractivity contribution in [3.05, 3.63) is 95.4 Å². The highest BCUT2D eigenvalue weighted by Gasteiger charge is 2.25. The SMILES string of the molecule is COc1ccc(COc2nc(SC)nc(OCc3ccc(OC)cc3)c2C(=O)Nc2ccc(-c3cn[nH]n3)c(F)c2)cc1. The van der Waals surface area contributed by atoms with E-state index in [9.17, 15) is 9.18 Å². The van der Waals surface area contributed by atoms with Crippen molar-refractivity contribution >= 4 is 23.4 Å². The predicted octanol–water partition coefficient (Wildman–Crippen LogP) is 5.55. The molecule has 1 amide bonds. The van der Waals surface area contributed by atoms with Gasteiger partial charge in [0.1, 0.15) is 36.2 Å². The van der Waals surface area contributed by atoms with E-state index in [2.05, 4.69) is 30.7 Å². The van der Waals surface area contributed by atoms with E-state index in [1.54, 1.807) is 50.8 Å². The molecule has 2 N–H and O–H groups in total. The zero-order valence-corrected chi connectivity index (χ0v) is 24.3. The minimum absolute atomic E-state index is 0.0112. The first-order valence-electron chi connectivity index (χ1n) is 12.9. The van der Waals surface area contributed by atoms with Crippen LogP contribution in [0.5, 0.6) is 23.3 Å². The Bertz CT molecular complexity index is 1610. The lowest BCUT2D eigenvalue weighted by Gasteiger charge is -2.16. The van der Waals surface area contributed by atoms with Crippen LogP contribution in [0.3, 0.4) is 0 Å². The van der Waals surface area contributed by atoms with Crippen LogP contribution in [0.15, 0.2) is 78.1 Å². The minimum Gasteiger partial charge on any atom is -0.497 e. The van der Waals surface area contributed by atoms with Gasteiger partial charge in [-0.15, -0.1) is 0 Å². The molecule has 0 aliphatic heterocycles. The fourth-order valence-corrected chi connectivity index (χ4v) is 4.32. The van der Waals surface area contributed by atoms with Gasteiger partial charge in [-0.05, 0) is 59.8 Å². The van der Waals surface area contributed by atoms with E-state index in [1.165, 1.54) is 30.1 Å². The summed E-state index contributed by atoms with van der Waals surface area (Å²) in [6, 6.07) is 18.8. The van der Waals surface area contributed by atoms with Gasteiger partial charge in [0, 0.05) is 11.3 Å². The minimum atomic E-state index is -0.643. The van der Waals surface area contributed by atoms with Crippen molar-refractivity contribution in [1.29, 1.82) is 0 Å². The summed E-state index contributed by atoms with van der Waals surface area (Å²) >= 11 is 1.27. The van der Waals surface area contributed by atoms with E-state index in [0.717, 1.165) is 11.1 Å². The van der Waals surface area contributed by atoms with Crippen molar-refractivity contribution in [2.75, 3.05) is 25.8 Å². The Morgan fingerprint density at radius 1 is 0.884 bits per heavy atom. The lowest BCUT2D eigenvalue weighted by molar-refractivity contribution is 0.101. The number of amides is 1. The number of ether oxygens (including phenoxy) is 4. The Hall–Kier alpha value is -5.17. The number of aromatic nitrogens is 5. The Labute approximate surface area is 250 Å². The molecule has 0 radical (unpaired) electrons. The normalized spacial score (nSPS) is 10.7. The van der Waals surface area contributed by atoms with Crippen molar-refractivity contribution in [3.8, 4) is 34.5 Å². The number of H-pyrrole nitrogens is 1. The Balaban J connectivity index is 1.46. The topological polar surface area (TPSA) is 133 Å². The predicted molar refractivity (Wildman–Crippen MR) is 158 cm³/mol. The summed E-state index contributed by atoms with van der Waals surface area (Å²) in [6.45, 7) is 0.210. The number of halogens is 1. The molecular weight excluding hydrogens is 575 g/mol. The van der Waals surface area contributed by atoms with E-state index >= 15 is 0 Å². The fraction of sp³-hybridized carbons (Fsp3) is 0.167. The Morgan fingerprint density at radius 2 is 1.47 bits per heavy atom. The van der Waals surface area contributed by atoms with Gasteiger partial charge in [0.15, 0.2) is 10.7 Å². The number of carbonyl (C=O) groups is 1. The second-order valence-corrected chi connectivity index (χ2v) is 9.75. The number of rotatable bonds is 12. The Morgan fingerprint density at radius 3 is 1.93 bits per heavy atom. The highest BCUT2D eigenvalue weighted by Crippen LogP contribution is 2.31. The number of hydrogen-bond donors (Lipinski definition) is 2. The van der Waals surface area contributed by atoms with Crippen LogP contribution in [0.25, 0.3) is 11.3 Å². The van der Waals surface area contributed by atoms with Crippen molar-refractivity contribution in [3.63, 3.8) is 0 Å². The molecule has 0 bridgehead atoms. The monoisotopic (exact) mass is 602 g/mol. The van der Waals surface area contributed by atoms with E-state index in [4.69, 9.17) is 18.9 Å². The summed E-state index contributed by atoms with van der Waals surface area (Å²) in [7, 11) is 3.17. The number of carbonyl (C=O) groups excluding carboxylic acids is 1. The first-order valence-corrected chi connectivity index (χ1v) is 14.1. The molecule has 220 valence electrons. The van der Waals surface area contributed by atoms with Crippen molar-refractivity contribution in [2.45, 2.75) is 18.4 Å². The summed E-state index contributed by atoms with van der Waals surface area (Å²) < 4.78 is 37.5. The number of aromatic amines is 1. The quantitative estimate of drug-likeness (QED) is 0.138. The van der Waals surface area contributed by atoms with Gasteiger partial charge in [0.2, 0.25) is 11.8 Å². The van der Waals surface area contributed by atoms with Gasteiger partial charge >= 0.3 is 0 Å². The molecule has 2 heterocycles. The molecule has 5 aromatic rings. The molecule has 0 aliphatic carbocycles. The molecule has 0 unspecified atom stereocenters. The van der Waals surface area contributed by atoms with Gasteiger partial charge in [-0.2, -0.15) is 25.4 Å². The maximum atomic E-state index is 14.9. The smallest absolute Gasteiger partial charge is 0.266 e. The molecule has 0 saturated carbocycles. The van der Waals surface area contributed by atoms with Crippen LogP contribution in [0.4, 0.5) is 10.1 Å².